The molecule has 0 aliphatic rings. The van der Waals surface area contributed by atoms with Gasteiger partial charge in [0, 0.05) is 0 Å². The summed E-state index contributed by atoms with van der Waals surface area (Å²) >= 11 is -4.08. The van der Waals surface area contributed by atoms with Crippen LogP contribution in [0.15, 0.2) is 46.2 Å². The number of hydrogen-bond donors (Lipinski definition) is 2. The van der Waals surface area contributed by atoms with Gasteiger partial charge in [0.05, 0.1) is 9.79 Å². The Hall–Kier alpha value is -1.08. The van der Waals surface area contributed by atoms with Crippen LogP contribution in [0.5, 0.6) is 0 Å². The Morgan fingerprint density at radius 2 is 1.19 bits per heavy atom. The SMILES string of the molecule is O=S(O)c1ccc2ccc(S(=O)O)cc2c1. The zero-order chi connectivity index (χ0) is 11.7. The minimum Gasteiger partial charge on any atom is -0.302 e. The topological polar surface area (TPSA) is 74.6 Å². The minimum atomic E-state index is -2.04. The average molecular weight is 256 g/mol. The quantitative estimate of drug-likeness (QED) is 0.806. The molecule has 4 nitrogen and oxygen atoms in total. The van der Waals surface area contributed by atoms with Gasteiger partial charge in [-0.2, -0.15) is 0 Å². The van der Waals surface area contributed by atoms with Crippen molar-refractivity contribution in [2.75, 3.05) is 0 Å². The highest BCUT2D eigenvalue weighted by Gasteiger charge is 2.04. The second-order valence-corrected chi connectivity index (χ2v) is 5.11. The van der Waals surface area contributed by atoms with Gasteiger partial charge in [-0.25, -0.2) is 8.42 Å². The van der Waals surface area contributed by atoms with E-state index in [2.05, 4.69) is 0 Å². The predicted molar refractivity (Wildman–Crippen MR) is 62.0 cm³/mol. The molecule has 0 radical (unpaired) electrons. The van der Waals surface area contributed by atoms with Crippen molar-refractivity contribution in [1.29, 1.82) is 0 Å². The molecule has 0 aliphatic carbocycles. The van der Waals surface area contributed by atoms with Gasteiger partial charge in [-0.1, -0.05) is 12.1 Å². The van der Waals surface area contributed by atoms with E-state index in [-0.39, 0.29) is 9.79 Å². The predicted octanol–water partition coefficient (Wildman–Crippen LogP) is 2.00. The molecule has 0 bridgehead atoms. The molecule has 84 valence electrons. The van der Waals surface area contributed by atoms with Gasteiger partial charge in [0.25, 0.3) is 0 Å². The Bertz CT molecular complexity index is 546. The van der Waals surface area contributed by atoms with Crippen LogP contribution in [-0.2, 0) is 22.2 Å². The molecule has 2 aromatic carbocycles. The lowest BCUT2D eigenvalue weighted by molar-refractivity contribution is 0.563. The monoisotopic (exact) mass is 256 g/mol. The summed E-state index contributed by atoms with van der Waals surface area (Å²) in [5.74, 6) is 0. The van der Waals surface area contributed by atoms with E-state index in [9.17, 15) is 8.42 Å². The first kappa shape index (κ1) is 11.4. The highest BCUT2D eigenvalue weighted by atomic mass is 32.2. The van der Waals surface area contributed by atoms with Gasteiger partial charge in [0.15, 0.2) is 22.2 Å². The molecule has 0 saturated heterocycles. The zero-order valence-electron chi connectivity index (χ0n) is 7.99. The van der Waals surface area contributed by atoms with Crippen LogP contribution in [0.25, 0.3) is 10.8 Å². The third-order valence-electron chi connectivity index (χ3n) is 2.19. The molecule has 0 spiro atoms. The summed E-state index contributed by atoms with van der Waals surface area (Å²) in [7, 11) is 0. The lowest BCUT2D eigenvalue weighted by Crippen LogP contribution is -1.90. The fourth-order valence-corrected chi connectivity index (χ4v) is 2.24. The molecular weight excluding hydrogens is 248 g/mol. The first-order valence-corrected chi connectivity index (χ1v) is 6.55. The van der Waals surface area contributed by atoms with Crippen LogP contribution >= 0.6 is 0 Å². The Kier molecular flexibility index (Phi) is 3.15. The first-order chi connectivity index (χ1) is 7.58. The van der Waals surface area contributed by atoms with E-state index in [1.54, 1.807) is 24.3 Å². The van der Waals surface area contributed by atoms with Gasteiger partial charge in [-0.15, -0.1) is 0 Å². The fraction of sp³-hybridized carbons (Fsp3) is 0. The summed E-state index contributed by atoms with van der Waals surface area (Å²) < 4.78 is 39.6. The number of rotatable bonds is 2. The molecule has 2 rings (SSSR count). The first-order valence-electron chi connectivity index (χ1n) is 4.33. The molecule has 0 heterocycles. The summed E-state index contributed by atoms with van der Waals surface area (Å²) in [5.41, 5.74) is 0. The summed E-state index contributed by atoms with van der Waals surface area (Å²) in [5, 5.41) is 1.52. The smallest absolute Gasteiger partial charge is 0.186 e. The third-order valence-corrected chi connectivity index (χ3v) is 3.50. The molecule has 2 unspecified atom stereocenters. The molecule has 0 aromatic heterocycles. The fourth-order valence-electron chi connectivity index (χ4n) is 1.42. The van der Waals surface area contributed by atoms with Crippen molar-refractivity contribution in [3.05, 3.63) is 36.4 Å². The maximum atomic E-state index is 10.9. The van der Waals surface area contributed by atoms with Crippen molar-refractivity contribution < 1.29 is 17.5 Å². The summed E-state index contributed by atoms with van der Waals surface area (Å²) in [6, 6.07) is 9.55. The van der Waals surface area contributed by atoms with Crippen LogP contribution in [0.1, 0.15) is 0 Å². The zero-order valence-corrected chi connectivity index (χ0v) is 9.62. The van der Waals surface area contributed by atoms with Crippen LogP contribution in [-0.4, -0.2) is 17.5 Å². The number of hydrogen-bond acceptors (Lipinski definition) is 2. The number of fused-ring (bicyclic) bond motifs is 1. The highest BCUT2D eigenvalue weighted by molar-refractivity contribution is 7.79. The van der Waals surface area contributed by atoms with Crippen LogP contribution in [0.3, 0.4) is 0 Å². The number of benzene rings is 2. The van der Waals surface area contributed by atoms with E-state index in [0.717, 1.165) is 5.39 Å². The van der Waals surface area contributed by atoms with Crippen LogP contribution in [0.4, 0.5) is 0 Å². The summed E-state index contributed by atoms with van der Waals surface area (Å²) in [4.78, 5) is 0.543. The van der Waals surface area contributed by atoms with Crippen LogP contribution in [0, 0.1) is 0 Å². The Morgan fingerprint density at radius 1 is 0.750 bits per heavy atom. The molecule has 2 aromatic rings. The summed E-state index contributed by atoms with van der Waals surface area (Å²) in [6.07, 6.45) is 0. The normalized spacial score (nSPS) is 14.9. The molecule has 0 aliphatic heterocycles. The Balaban J connectivity index is 2.65. The van der Waals surface area contributed by atoms with Crippen molar-refractivity contribution in [2.45, 2.75) is 9.79 Å². The average Bonchev–Trinajstić information content (AvgIpc) is 2.27. The lowest BCUT2D eigenvalue weighted by Gasteiger charge is -2.01. The van der Waals surface area contributed by atoms with Gasteiger partial charge >= 0.3 is 0 Å². The van der Waals surface area contributed by atoms with Crippen molar-refractivity contribution in [1.82, 2.24) is 0 Å². The van der Waals surface area contributed by atoms with E-state index >= 15 is 0 Å². The van der Waals surface area contributed by atoms with Crippen molar-refractivity contribution in [3.63, 3.8) is 0 Å². The van der Waals surface area contributed by atoms with Gasteiger partial charge in [0.1, 0.15) is 0 Å². The molecule has 0 fully saturated rings. The Labute approximate surface area is 96.9 Å². The molecule has 16 heavy (non-hydrogen) atoms. The van der Waals surface area contributed by atoms with Gasteiger partial charge in [-0.3, -0.25) is 0 Å². The maximum Gasteiger partial charge on any atom is 0.186 e. The second-order valence-electron chi connectivity index (χ2n) is 3.17. The molecule has 0 saturated carbocycles. The molecule has 0 amide bonds. The van der Waals surface area contributed by atoms with Gasteiger partial charge in [-0.05, 0) is 35.0 Å². The Morgan fingerprint density at radius 3 is 1.56 bits per heavy atom. The largest absolute Gasteiger partial charge is 0.302 e. The lowest BCUT2D eigenvalue weighted by atomic mass is 10.1. The van der Waals surface area contributed by atoms with E-state index in [1.165, 1.54) is 12.1 Å². The molecule has 2 atom stereocenters. The van der Waals surface area contributed by atoms with Crippen molar-refractivity contribution in [2.24, 2.45) is 0 Å². The van der Waals surface area contributed by atoms with E-state index in [1.807, 2.05) is 0 Å². The van der Waals surface area contributed by atoms with Gasteiger partial charge < -0.3 is 9.11 Å². The minimum absolute atomic E-state index is 0.272. The van der Waals surface area contributed by atoms with Crippen LogP contribution in [0.2, 0.25) is 0 Å². The van der Waals surface area contributed by atoms with Gasteiger partial charge in [0.2, 0.25) is 0 Å². The summed E-state index contributed by atoms with van der Waals surface area (Å²) in [6.45, 7) is 0. The second kappa shape index (κ2) is 4.42. The van der Waals surface area contributed by atoms with Crippen molar-refractivity contribution >= 4 is 32.9 Å². The van der Waals surface area contributed by atoms with Crippen molar-refractivity contribution in [3.8, 4) is 0 Å². The maximum absolute atomic E-state index is 10.9. The van der Waals surface area contributed by atoms with Crippen LogP contribution < -0.4 is 0 Å². The highest BCUT2D eigenvalue weighted by Crippen LogP contribution is 2.20. The van der Waals surface area contributed by atoms with E-state index < -0.39 is 22.2 Å². The third kappa shape index (κ3) is 2.19. The molecule has 2 N–H and O–H groups in total. The molecule has 6 heteroatoms. The standard InChI is InChI=1S/C10H8O4S2/c11-15(12)9-3-1-7-2-4-10(16(13)14)6-8(7)5-9/h1-6H,(H,11,12)(H,13,14). The van der Waals surface area contributed by atoms with E-state index in [4.69, 9.17) is 9.11 Å². The van der Waals surface area contributed by atoms with E-state index in [0.29, 0.717) is 5.39 Å². The molecular formula is C10H8O4S2.